The molecule has 0 aliphatic heterocycles. The largest absolute Gasteiger partial charge is 0.351 e. The van der Waals surface area contributed by atoms with Gasteiger partial charge in [0.05, 0.1) is 4.92 Å². The van der Waals surface area contributed by atoms with Crippen molar-refractivity contribution >= 4 is 23.2 Å². The van der Waals surface area contributed by atoms with Gasteiger partial charge in [-0.25, -0.2) is 0 Å². The number of carbonyl (C=O) groups is 1. The zero-order valence-electron chi connectivity index (χ0n) is 10.6. The van der Waals surface area contributed by atoms with Crippen molar-refractivity contribution < 1.29 is 9.72 Å². The van der Waals surface area contributed by atoms with Crippen LogP contribution in [-0.2, 0) is 0 Å². The zero-order valence-corrected chi connectivity index (χ0v) is 11.4. The average Bonchev–Trinajstić information content (AvgIpc) is 2.37. The Morgan fingerprint density at radius 3 is 2.74 bits per heavy atom. The number of nitrogens with one attached hydrogen (secondary N) is 2. The number of carbonyl (C=O) groups excluding carboxylic acids is 1. The molecule has 19 heavy (non-hydrogen) atoms. The molecule has 1 aromatic rings. The second-order valence-electron chi connectivity index (χ2n) is 3.92. The lowest BCUT2D eigenvalue weighted by atomic mass is 10.1. The molecule has 0 aliphatic rings. The molecule has 0 atom stereocenters. The molecule has 0 aromatic heterocycles. The van der Waals surface area contributed by atoms with Crippen LogP contribution < -0.4 is 10.6 Å². The van der Waals surface area contributed by atoms with E-state index in [0.29, 0.717) is 18.1 Å². The molecule has 0 saturated heterocycles. The first-order valence-corrected chi connectivity index (χ1v) is 6.37. The van der Waals surface area contributed by atoms with Crippen LogP contribution in [0.25, 0.3) is 0 Å². The van der Waals surface area contributed by atoms with E-state index in [0.717, 1.165) is 13.0 Å². The molecule has 104 valence electrons. The van der Waals surface area contributed by atoms with Crippen molar-refractivity contribution in [1.82, 2.24) is 10.6 Å². The average molecular weight is 286 g/mol. The SMILES string of the molecule is CCCNCCNC(=O)c1cc(Cl)ccc1[N+](=O)[O-]. The smallest absolute Gasteiger partial charge is 0.282 e. The van der Waals surface area contributed by atoms with E-state index in [9.17, 15) is 14.9 Å². The van der Waals surface area contributed by atoms with Crippen LogP contribution >= 0.6 is 11.6 Å². The number of amides is 1. The van der Waals surface area contributed by atoms with Crippen LogP contribution in [0, 0.1) is 10.1 Å². The van der Waals surface area contributed by atoms with Crippen LogP contribution in [0.15, 0.2) is 18.2 Å². The molecule has 6 nitrogen and oxygen atoms in total. The Balaban J connectivity index is 2.65. The fourth-order valence-corrected chi connectivity index (χ4v) is 1.68. The molecule has 0 heterocycles. The van der Waals surface area contributed by atoms with Crippen molar-refractivity contribution in [2.24, 2.45) is 0 Å². The first kappa shape index (κ1) is 15.4. The van der Waals surface area contributed by atoms with E-state index in [2.05, 4.69) is 10.6 Å². The molecule has 1 amide bonds. The lowest BCUT2D eigenvalue weighted by Crippen LogP contribution is -2.32. The van der Waals surface area contributed by atoms with Crippen LogP contribution in [0.4, 0.5) is 5.69 Å². The number of rotatable bonds is 7. The highest BCUT2D eigenvalue weighted by molar-refractivity contribution is 6.31. The maximum Gasteiger partial charge on any atom is 0.282 e. The monoisotopic (exact) mass is 285 g/mol. The molecule has 0 spiro atoms. The van der Waals surface area contributed by atoms with E-state index in [-0.39, 0.29) is 11.3 Å². The minimum Gasteiger partial charge on any atom is -0.351 e. The van der Waals surface area contributed by atoms with E-state index in [1.54, 1.807) is 0 Å². The fraction of sp³-hybridized carbons (Fsp3) is 0.417. The van der Waals surface area contributed by atoms with Crippen molar-refractivity contribution in [2.75, 3.05) is 19.6 Å². The molecule has 0 fully saturated rings. The van der Waals surface area contributed by atoms with Gasteiger partial charge < -0.3 is 10.6 Å². The van der Waals surface area contributed by atoms with Crippen molar-refractivity contribution in [3.05, 3.63) is 38.9 Å². The predicted molar refractivity (Wildman–Crippen MR) is 73.6 cm³/mol. The maximum atomic E-state index is 11.9. The van der Waals surface area contributed by atoms with Gasteiger partial charge in [-0.1, -0.05) is 18.5 Å². The fourth-order valence-electron chi connectivity index (χ4n) is 1.51. The van der Waals surface area contributed by atoms with E-state index in [1.807, 2.05) is 6.92 Å². The highest BCUT2D eigenvalue weighted by atomic mass is 35.5. The summed E-state index contributed by atoms with van der Waals surface area (Å²) in [6.45, 7) is 3.94. The first-order chi connectivity index (χ1) is 9.06. The van der Waals surface area contributed by atoms with Crippen LogP contribution in [0.2, 0.25) is 5.02 Å². The minimum absolute atomic E-state index is 0.0204. The molecule has 0 aliphatic carbocycles. The van der Waals surface area contributed by atoms with Gasteiger partial charge in [-0.3, -0.25) is 14.9 Å². The molecule has 7 heteroatoms. The van der Waals surface area contributed by atoms with Crippen LogP contribution in [-0.4, -0.2) is 30.5 Å². The third-order valence-electron chi connectivity index (χ3n) is 2.41. The van der Waals surface area contributed by atoms with Gasteiger partial charge in [-0.05, 0) is 25.1 Å². The summed E-state index contributed by atoms with van der Waals surface area (Å²) >= 11 is 5.75. The van der Waals surface area contributed by atoms with E-state index in [1.165, 1.54) is 18.2 Å². The molecule has 0 saturated carbocycles. The van der Waals surface area contributed by atoms with Gasteiger partial charge in [0.2, 0.25) is 0 Å². The summed E-state index contributed by atoms with van der Waals surface area (Å²) in [6.07, 6.45) is 1.01. The number of nitro groups is 1. The topological polar surface area (TPSA) is 84.3 Å². The third kappa shape index (κ3) is 4.84. The van der Waals surface area contributed by atoms with E-state index < -0.39 is 10.8 Å². The summed E-state index contributed by atoms with van der Waals surface area (Å²) in [5, 5.41) is 16.8. The highest BCUT2D eigenvalue weighted by Crippen LogP contribution is 2.22. The van der Waals surface area contributed by atoms with Gasteiger partial charge in [0.1, 0.15) is 5.56 Å². The Morgan fingerprint density at radius 2 is 2.11 bits per heavy atom. The predicted octanol–water partition coefficient (Wildman–Crippen LogP) is 1.98. The van der Waals surface area contributed by atoms with Crippen LogP contribution in [0.3, 0.4) is 0 Å². The van der Waals surface area contributed by atoms with Gasteiger partial charge in [-0.2, -0.15) is 0 Å². The number of hydrogen-bond acceptors (Lipinski definition) is 4. The van der Waals surface area contributed by atoms with Crippen molar-refractivity contribution in [1.29, 1.82) is 0 Å². The number of hydrogen-bond donors (Lipinski definition) is 2. The Morgan fingerprint density at radius 1 is 1.37 bits per heavy atom. The zero-order chi connectivity index (χ0) is 14.3. The molecular formula is C12H16ClN3O3. The van der Waals surface area contributed by atoms with Gasteiger partial charge in [0, 0.05) is 24.2 Å². The van der Waals surface area contributed by atoms with Gasteiger partial charge >= 0.3 is 0 Å². The second kappa shape index (κ2) is 7.70. The molecule has 1 rings (SSSR count). The Kier molecular flexibility index (Phi) is 6.24. The lowest BCUT2D eigenvalue weighted by molar-refractivity contribution is -0.385. The van der Waals surface area contributed by atoms with E-state index in [4.69, 9.17) is 11.6 Å². The summed E-state index contributed by atoms with van der Waals surface area (Å²) in [5.74, 6) is -0.493. The third-order valence-corrected chi connectivity index (χ3v) is 2.65. The Hall–Kier alpha value is -1.66. The summed E-state index contributed by atoms with van der Waals surface area (Å²) in [6, 6.07) is 3.92. The van der Waals surface area contributed by atoms with Crippen LogP contribution in [0.1, 0.15) is 23.7 Å². The highest BCUT2D eigenvalue weighted by Gasteiger charge is 2.19. The van der Waals surface area contributed by atoms with E-state index >= 15 is 0 Å². The molecule has 0 bridgehead atoms. The van der Waals surface area contributed by atoms with Crippen molar-refractivity contribution in [3.63, 3.8) is 0 Å². The van der Waals surface area contributed by atoms with Gasteiger partial charge in [0.25, 0.3) is 11.6 Å². The Bertz CT molecular complexity index is 466. The standard InChI is InChI=1S/C12H16ClN3O3/c1-2-5-14-6-7-15-12(17)10-8-9(13)3-4-11(10)16(18)19/h3-4,8,14H,2,5-7H2,1H3,(H,15,17). The number of halogens is 1. The molecular weight excluding hydrogens is 270 g/mol. The minimum atomic E-state index is -0.597. The number of nitrogens with zero attached hydrogens (tertiary/aromatic N) is 1. The second-order valence-corrected chi connectivity index (χ2v) is 4.36. The first-order valence-electron chi connectivity index (χ1n) is 5.99. The normalized spacial score (nSPS) is 10.2. The summed E-state index contributed by atoms with van der Waals surface area (Å²) in [7, 11) is 0. The number of nitro benzene ring substituents is 1. The summed E-state index contributed by atoms with van der Waals surface area (Å²) in [4.78, 5) is 22.1. The molecule has 2 N–H and O–H groups in total. The maximum absolute atomic E-state index is 11.9. The lowest BCUT2D eigenvalue weighted by Gasteiger charge is -2.07. The Labute approximate surface area is 116 Å². The quantitative estimate of drug-likeness (QED) is 0.456. The summed E-state index contributed by atoms with van der Waals surface area (Å²) < 4.78 is 0. The van der Waals surface area contributed by atoms with Crippen molar-refractivity contribution in [2.45, 2.75) is 13.3 Å². The molecule has 0 unspecified atom stereocenters. The summed E-state index contributed by atoms with van der Waals surface area (Å²) in [5.41, 5.74) is -0.267. The van der Waals surface area contributed by atoms with Gasteiger partial charge in [0.15, 0.2) is 0 Å². The van der Waals surface area contributed by atoms with Crippen molar-refractivity contribution in [3.8, 4) is 0 Å². The van der Waals surface area contributed by atoms with Gasteiger partial charge in [-0.15, -0.1) is 0 Å². The molecule has 1 aromatic carbocycles. The molecule has 0 radical (unpaired) electrons. The number of benzene rings is 1. The van der Waals surface area contributed by atoms with Crippen LogP contribution in [0.5, 0.6) is 0 Å².